The van der Waals surface area contributed by atoms with Gasteiger partial charge < -0.3 is 20.1 Å². The first-order valence-corrected chi connectivity index (χ1v) is 42.8. The highest BCUT2D eigenvalue weighted by atomic mass is 31.2. The molecule has 0 bridgehead atoms. The van der Waals surface area contributed by atoms with Crippen molar-refractivity contribution in [2.75, 3.05) is 26.4 Å². The molecule has 0 rings (SSSR count). The molecule has 568 valence electrons. The lowest BCUT2D eigenvalue weighted by molar-refractivity contribution is -0.161. The number of carbonyl (C=O) groups is 2. The Morgan fingerprint density at radius 2 is 0.556 bits per heavy atom. The highest BCUT2D eigenvalue weighted by Gasteiger charge is 2.26. The van der Waals surface area contributed by atoms with Gasteiger partial charge in [0.05, 0.1) is 13.2 Å². The maximum atomic E-state index is 12.8. The van der Waals surface area contributed by atoms with Gasteiger partial charge in [-0.1, -0.05) is 404 Å². The average molecular weight is 1400 g/mol. The highest BCUT2D eigenvalue weighted by molar-refractivity contribution is 7.47. The molecule has 0 saturated carbocycles. The van der Waals surface area contributed by atoms with Gasteiger partial charge in [0.15, 0.2) is 6.10 Å². The van der Waals surface area contributed by atoms with E-state index >= 15 is 0 Å². The van der Waals surface area contributed by atoms with E-state index in [1.807, 2.05) is 0 Å². The van der Waals surface area contributed by atoms with E-state index in [0.717, 1.165) is 109 Å². The normalized spacial score (nSPS) is 13.6. The van der Waals surface area contributed by atoms with Crippen molar-refractivity contribution in [3.05, 3.63) is 146 Å². The fourth-order valence-electron chi connectivity index (χ4n) is 11.7. The Morgan fingerprint density at radius 3 is 0.828 bits per heavy atom. The van der Waals surface area contributed by atoms with E-state index in [2.05, 4.69) is 160 Å². The number of hydrogen-bond acceptors (Lipinski definition) is 8. The molecule has 0 radical (unpaired) electrons. The van der Waals surface area contributed by atoms with Gasteiger partial charge in [-0.2, -0.15) is 0 Å². The van der Waals surface area contributed by atoms with Crippen LogP contribution in [0.4, 0.5) is 0 Å². The number of allylic oxidation sites excluding steroid dienone is 24. The predicted molar refractivity (Wildman–Crippen MR) is 431 cm³/mol. The number of phosphoric acid groups is 1. The number of unbranched alkanes of at least 4 members (excludes halogenated alkanes) is 40. The van der Waals surface area contributed by atoms with Gasteiger partial charge in [-0.15, -0.1) is 0 Å². The van der Waals surface area contributed by atoms with Crippen LogP contribution in [-0.4, -0.2) is 49.3 Å². The fraction of sp³-hybridized carbons (Fsp3) is 0.708. The summed E-state index contributed by atoms with van der Waals surface area (Å²) in [5.74, 6) is -0.875. The van der Waals surface area contributed by atoms with Gasteiger partial charge in [-0.3, -0.25) is 18.6 Å². The minimum absolute atomic E-state index is 0.0403. The lowest BCUT2D eigenvalue weighted by Gasteiger charge is -2.19. The zero-order valence-electron chi connectivity index (χ0n) is 64.2. The number of hydrogen-bond donors (Lipinski definition) is 2. The van der Waals surface area contributed by atoms with E-state index < -0.39 is 32.5 Å². The molecule has 0 aromatic rings. The van der Waals surface area contributed by atoms with E-state index in [0.29, 0.717) is 6.42 Å². The third-order valence-corrected chi connectivity index (χ3v) is 18.7. The van der Waals surface area contributed by atoms with E-state index in [1.165, 1.54) is 231 Å². The fourth-order valence-corrected chi connectivity index (χ4v) is 12.4. The van der Waals surface area contributed by atoms with Crippen LogP contribution in [0.5, 0.6) is 0 Å². The average Bonchev–Trinajstić information content (AvgIpc) is 1.35. The summed E-state index contributed by atoms with van der Waals surface area (Å²) in [6.45, 7) is 3.61. The number of ether oxygens (including phenoxy) is 2. The second kappa shape index (κ2) is 82.8. The summed E-state index contributed by atoms with van der Waals surface area (Å²) < 4.78 is 33.2. The molecule has 0 saturated heterocycles. The molecule has 2 unspecified atom stereocenters. The lowest BCUT2D eigenvalue weighted by Crippen LogP contribution is -2.29. The molecule has 0 spiro atoms. The molecule has 3 N–H and O–H groups in total. The number of nitrogens with two attached hydrogens (primary N) is 1. The minimum atomic E-state index is -4.42. The Hall–Kier alpha value is -4.11. The third kappa shape index (κ3) is 82.7. The van der Waals surface area contributed by atoms with Gasteiger partial charge in [-0.25, -0.2) is 4.57 Å². The standard InChI is InChI=1S/C89H154NO8P/c1-3-5-7-9-11-13-15-17-19-21-23-25-27-29-31-33-35-37-39-41-43-45-47-49-51-53-55-57-59-61-63-65-67-69-71-73-75-77-79-81-88(91)95-85-87(86-97-99(93,94)96-84-83-90)98-89(92)82-80-78-76-74-72-70-68-66-64-62-60-58-56-54-52-50-48-46-44-42-40-38-36-34-32-30-28-26-24-22-20-18-16-14-12-10-8-6-4-2/h6,8,12,14,18,20,24,26,30,32,36,38,42,44,48,50,54,56,60,62,66,68,72,74,87H,3-5,7,9-11,13,15-17,19,21-23,25,27-29,31,33-35,37,39-41,43,45-47,49,51-53,55,57-59,61,63-65,67,69-71,73,75-86,90H2,1-2H3,(H,93,94)/b8-6-,14-12-,20-18-,26-24-,32-30-,38-36-,44-42-,50-48-,56-54-,62-60-,68-66-,74-72-. The number of carbonyl (C=O) groups excluding carboxylic acids is 2. The molecule has 0 aliphatic rings. The Balaban J connectivity index is 3.90. The van der Waals surface area contributed by atoms with Crippen molar-refractivity contribution >= 4 is 19.8 Å². The van der Waals surface area contributed by atoms with Crippen molar-refractivity contribution in [3.63, 3.8) is 0 Å². The van der Waals surface area contributed by atoms with Crippen molar-refractivity contribution < 1.29 is 37.6 Å². The second-order valence-corrected chi connectivity index (χ2v) is 28.7. The molecule has 0 fully saturated rings. The van der Waals surface area contributed by atoms with Crippen LogP contribution in [0.15, 0.2) is 146 Å². The predicted octanol–water partition coefficient (Wildman–Crippen LogP) is 28.1. The topological polar surface area (TPSA) is 134 Å². The van der Waals surface area contributed by atoms with Gasteiger partial charge >= 0.3 is 19.8 Å². The van der Waals surface area contributed by atoms with Crippen molar-refractivity contribution in [2.45, 2.75) is 380 Å². The second-order valence-electron chi connectivity index (χ2n) is 27.3. The maximum Gasteiger partial charge on any atom is 0.472 e. The molecule has 10 heteroatoms. The molecule has 0 aromatic carbocycles. The highest BCUT2D eigenvalue weighted by Crippen LogP contribution is 2.43. The molecular weight excluding hydrogens is 1240 g/mol. The summed E-state index contributed by atoms with van der Waals surface area (Å²) in [7, 11) is -4.42. The van der Waals surface area contributed by atoms with Crippen molar-refractivity contribution in [2.24, 2.45) is 5.73 Å². The molecule has 0 aliphatic heterocycles. The van der Waals surface area contributed by atoms with Crippen LogP contribution in [0.25, 0.3) is 0 Å². The van der Waals surface area contributed by atoms with Crippen LogP contribution in [0, 0.1) is 0 Å². The number of phosphoric ester groups is 1. The quantitative estimate of drug-likeness (QED) is 0.0264. The SMILES string of the molecule is CC/C=C\C/C=C\C/C=C\C/C=C\C/C=C\C/C=C\C/C=C\C/C=C\C/C=C\C/C=C\C/C=C\C/C=C\CCCCC(=O)OC(COC(=O)CCCCCCCCCCCCCCCCCCCCCCCCCCCCCCCCCCCCCCCCC)COP(=O)(O)OCCN. The first-order chi connectivity index (χ1) is 48.8. The van der Waals surface area contributed by atoms with Crippen molar-refractivity contribution in [3.8, 4) is 0 Å². The largest absolute Gasteiger partial charge is 0.472 e. The van der Waals surface area contributed by atoms with Crippen LogP contribution in [-0.2, 0) is 32.7 Å². The zero-order valence-corrected chi connectivity index (χ0v) is 65.1. The third-order valence-electron chi connectivity index (χ3n) is 17.7. The molecule has 0 amide bonds. The van der Waals surface area contributed by atoms with Crippen LogP contribution < -0.4 is 5.73 Å². The van der Waals surface area contributed by atoms with E-state index in [4.69, 9.17) is 24.3 Å². The van der Waals surface area contributed by atoms with Gasteiger partial charge in [0.2, 0.25) is 0 Å². The molecule has 2 atom stereocenters. The van der Waals surface area contributed by atoms with Gasteiger partial charge in [0.25, 0.3) is 0 Å². The molecule has 0 aliphatic carbocycles. The smallest absolute Gasteiger partial charge is 0.462 e. The Morgan fingerprint density at radius 1 is 0.313 bits per heavy atom. The van der Waals surface area contributed by atoms with Crippen LogP contribution in [0.2, 0.25) is 0 Å². The Labute approximate surface area is 611 Å². The molecule has 0 aromatic heterocycles. The first kappa shape index (κ1) is 94.9. The van der Waals surface area contributed by atoms with Gasteiger partial charge in [0, 0.05) is 19.4 Å². The van der Waals surface area contributed by atoms with Crippen LogP contribution in [0.3, 0.4) is 0 Å². The molecule has 99 heavy (non-hydrogen) atoms. The van der Waals surface area contributed by atoms with Crippen LogP contribution >= 0.6 is 7.82 Å². The first-order valence-electron chi connectivity index (χ1n) is 41.3. The number of rotatable bonds is 77. The zero-order chi connectivity index (χ0) is 71.5. The summed E-state index contributed by atoms with van der Waals surface area (Å²) in [5, 5.41) is 0. The lowest BCUT2D eigenvalue weighted by atomic mass is 10.0. The van der Waals surface area contributed by atoms with E-state index in [-0.39, 0.29) is 32.6 Å². The summed E-state index contributed by atoms with van der Waals surface area (Å²) in [6.07, 6.45) is 120. The Bertz CT molecular complexity index is 2150. The molecular formula is C89H154NO8P. The summed E-state index contributed by atoms with van der Waals surface area (Å²) in [6, 6.07) is 0. The monoisotopic (exact) mass is 1400 g/mol. The summed E-state index contributed by atoms with van der Waals surface area (Å²) >= 11 is 0. The van der Waals surface area contributed by atoms with Crippen LogP contribution in [0.1, 0.15) is 373 Å². The molecule has 0 heterocycles. The minimum Gasteiger partial charge on any atom is -0.462 e. The number of esters is 2. The van der Waals surface area contributed by atoms with Gasteiger partial charge in [-0.05, 0) is 103 Å². The summed E-state index contributed by atoms with van der Waals surface area (Å²) in [5.41, 5.74) is 5.41. The summed E-state index contributed by atoms with van der Waals surface area (Å²) in [4.78, 5) is 35.4. The van der Waals surface area contributed by atoms with E-state index in [9.17, 15) is 19.0 Å². The molecule has 9 nitrogen and oxygen atoms in total. The van der Waals surface area contributed by atoms with Crippen molar-refractivity contribution in [1.29, 1.82) is 0 Å². The van der Waals surface area contributed by atoms with Crippen molar-refractivity contribution in [1.82, 2.24) is 0 Å². The Kier molecular flexibility index (Phi) is 79.4. The van der Waals surface area contributed by atoms with Gasteiger partial charge in [0.1, 0.15) is 6.61 Å². The van der Waals surface area contributed by atoms with E-state index in [1.54, 1.807) is 0 Å². The maximum absolute atomic E-state index is 12.8.